The zero-order chi connectivity index (χ0) is 14.7. The monoisotopic (exact) mass is 280 g/mol. The Hall–Kier alpha value is -2.13. The predicted molar refractivity (Wildman–Crippen MR) is 85.3 cm³/mol. The maximum absolute atomic E-state index is 12.7. The van der Waals surface area contributed by atoms with E-state index in [0.717, 1.165) is 30.9 Å². The van der Waals surface area contributed by atoms with Crippen molar-refractivity contribution in [1.29, 1.82) is 0 Å². The number of anilines is 1. The first-order chi connectivity index (χ1) is 10.2. The van der Waals surface area contributed by atoms with Gasteiger partial charge in [0, 0.05) is 25.3 Å². The Bertz CT molecular complexity index is 624. The van der Waals surface area contributed by atoms with Gasteiger partial charge in [-0.3, -0.25) is 4.79 Å². The molecule has 2 aromatic carbocycles. The zero-order valence-corrected chi connectivity index (χ0v) is 12.3. The molecule has 0 N–H and O–H groups in total. The second kappa shape index (κ2) is 6.10. The summed E-state index contributed by atoms with van der Waals surface area (Å²) in [6, 6.07) is 18.2. The summed E-state index contributed by atoms with van der Waals surface area (Å²) in [4.78, 5) is 16.9. The molecule has 1 aliphatic heterocycles. The molecule has 1 amide bonds. The number of rotatable bonds is 2. The fourth-order valence-corrected chi connectivity index (χ4v) is 2.79. The highest BCUT2D eigenvalue weighted by Gasteiger charge is 2.22. The minimum atomic E-state index is 0.170. The second-order valence-electron chi connectivity index (χ2n) is 5.57. The number of amides is 1. The Morgan fingerprint density at radius 1 is 1.00 bits per heavy atom. The number of para-hydroxylation sites is 1. The molecule has 0 bridgehead atoms. The first-order valence-electron chi connectivity index (χ1n) is 7.35. The van der Waals surface area contributed by atoms with Gasteiger partial charge in [-0.2, -0.15) is 0 Å². The molecule has 0 aliphatic carbocycles. The molecule has 1 heterocycles. The molecule has 0 atom stereocenters. The van der Waals surface area contributed by atoms with Crippen LogP contribution in [0.1, 0.15) is 11.1 Å². The Morgan fingerprint density at radius 2 is 1.71 bits per heavy atom. The fraction of sp³-hybridized carbons (Fsp3) is 0.278. The highest BCUT2D eigenvalue weighted by molar-refractivity contribution is 5.95. The molecular weight excluding hydrogens is 260 g/mol. The van der Waals surface area contributed by atoms with E-state index in [4.69, 9.17) is 0 Å². The van der Waals surface area contributed by atoms with Gasteiger partial charge in [0.05, 0.1) is 6.42 Å². The summed E-state index contributed by atoms with van der Waals surface area (Å²) < 4.78 is 0. The molecule has 21 heavy (non-hydrogen) atoms. The van der Waals surface area contributed by atoms with Gasteiger partial charge in [-0.05, 0) is 24.2 Å². The van der Waals surface area contributed by atoms with Gasteiger partial charge in [0.25, 0.3) is 0 Å². The highest BCUT2D eigenvalue weighted by Crippen LogP contribution is 2.25. The van der Waals surface area contributed by atoms with E-state index in [9.17, 15) is 4.79 Å². The zero-order valence-electron chi connectivity index (χ0n) is 12.3. The first kappa shape index (κ1) is 13.8. The van der Waals surface area contributed by atoms with Gasteiger partial charge in [-0.1, -0.05) is 48.5 Å². The minimum Gasteiger partial charge on any atom is -0.311 e. The van der Waals surface area contributed by atoms with Crippen molar-refractivity contribution >= 4 is 11.6 Å². The van der Waals surface area contributed by atoms with Crippen molar-refractivity contribution in [2.45, 2.75) is 13.0 Å². The number of carbonyl (C=O) groups is 1. The van der Waals surface area contributed by atoms with E-state index < -0.39 is 0 Å². The van der Waals surface area contributed by atoms with Crippen LogP contribution in [-0.4, -0.2) is 30.9 Å². The molecule has 1 aliphatic rings. The van der Waals surface area contributed by atoms with Crippen LogP contribution < -0.4 is 4.90 Å². The van der Waals surface area contributed by atoms with Crippen LogP contribution in [0.5, 0.6) is 0 Å². The summed E-state index contributed by atoms with van der Waals surface area (Å²) in [6.07, 6.45) is 0.457. The van der Waals surface area contributed by atoms with E-state index in [-0.39, 0.29) is 5.91 Å². The van der Waals surface area contributed by atoms with E-state index in [0.29, 0.717) is 6.42 Å². The predicted octanol–water partition coefficient (Wildman–Crippen LogP) is 2.71. The largest absolute Gasteiger partial charge is 0.311 e. The maximum Gasteiger partial charge on any atom is 0.231 e. The third kappa shape index (κ3) is 3.14. The van der Waals surface area contributed by atoms with Crippen molar-refractivity contribution in [1.82, 2.24) is 4.90 Å². The van der Waals surface area contributed by atoms with Crippen molar-refractivity contribution in [2.24, 2.45) is 0 Å². The topological polar surface area (TPSA) is 23.6 Å². The van der Waals surface area contributed by atoms with Crippen molar-refractivity contribution in [3.05, 3.63) is 65.7 Å². The molecule has 0 fully saturated rings. The van der Waals surface area contributed by atoms with E-state index in [1.54, 1.807) is 0 Å². The summed E-state index contributed by atoms with van der Waals surface area (Å²) in [6.45, 7) is 2.54. The molecule has 3 rings (SSSR count). The number of nitrogens with zero attached hydrogens (tertiary/aromatic N) is 2. The van der Waals surface area contributed by atoms with Crippen LogP contribution in [-0.2, 0) is 17.8 Å². The smallest absolute Gasteiger partial charge is 0.231 e. The first-order valence-corrected chi connectivity index (χ1v) is 7.35. The normalized spacial score (nSPS) is 15.4. The lowest BCUT2D eigenvalue weighted by atomic mass is 10.1. The highest BCUT2D eigenvalue weighted by atomic mass is 16.2. The lowest BCUT2D eigenvalue weighted by Crippen LogP contribution is -2.36. The second-order valence-corrected chi connectivity index (χ2v) is 5.57. The van der Waals surface area contributed by atoms with Gasteiger partial charge in [0.15, 0.2) is 0 Å². The Morgan fingerprint density at radius 3 is 2.52 bits per heavy atom. The lowest BCUT2D eigenvalue weighted by molar-refractivity contribution is -0.118. The minimum absolute atomic E-state index is 0.170. The number of likely N-dealkylation sites (N-methyl/N-ethyl adjacent to an activating group) is 1. The number of hydrogen-bond donors (Lipinski definition) is 0. The van der Waals surface area contributed by atoms with Crippen molar-refractivity contribution in [3.63, 3.8) is 0 Å². The van der Waals surface area contributed by atoms with Gasteiger partial charge in [-0.15, -0.1) is 0 Å². The van der Waals surface area contributed by atoms with E-state index in [1.807, 2.05) is 47.4 Å². The third-order valence-corrected chi connectivity index (χ3v) is 3.93. The van der Waals surface area contributed by atoms with Crippen molar-refractivity contribution in [2.75, 3.05) is 25.0 Å². The summed E-state index contributed by atoms with van der Waals surface area (Å²) in [5, 5.41) is 0. The SMILES string of the molecule is CN1CCN(C(=O)Cc2ccccc2)c2ccccc2C1. The molecule has 0 unspecified atom stereocenters. The molecule has 0 saturated carbocycles. The van der Waals surface area contributed by atoms with Crippen LogP contribution in [0.3, 0.4) is 0 Å². The summed E-state index contributed by atoms with van der Waals surface area (Å²) >= 11 is 0. The average molecular weight is 280 g/mol. The van der Waals surface area contributed by atoms with Crippen molar-refractivity contribution in [3.8, 4) is 0 Å². The Labute approximate surface area is 125 Å². The third-order valence-electron chi connectivity index (χ3n) is 3.93. The van der Waals surface area contributed by atoms with Gasteiger partial charge in [0.2, 0.25) is 5.91 Å². The summed E-state index contributed by atoms with van der Waals surface area (Å²) in [7, 11) is 2.10. The molecule has 0 spiro atoms. The molecule has 0 aromatic heterocycles. The van der Waals surface area contributed by atoms with Gasteiger partial charge in [0.1, 0.15) is 0 Å². The van der Waals surface area contributed by atoms with E-state index in [2.05, 4.69) is 24.1 Å². The summed E-state index contributed by atoms with van der Waals surface area (Å²) in [5.74, 6) is 0.170. The van der Waals surface area contributed by atoms with E-state index in [1.165, 1.54) is 5.56 Å². The summed E-state index contributed by atoms with van der Waals surface area (Å²) in [5.41, 5.74) is 3.35. The number of fused-ring (bicyclic) bond motifs is 1. The van der Waals surface area contributed by atoms with Gasteiger partial charge >= 0.3 is 0 Å². The standard InChI is InChI=1S/C18H20N2O/c1-19-11-12-20(17-10-6-5-9-16(17)14-19)18(21)13-15-7-3-2-4-8-15/h2-10H,11-14H2,1H3. The molecule has 0 radical (unpaired) electrons. The fourth-order valence-electron chi connectivity index (χ4n) is 2.79. The molecule has 3 nitrogen and oxygen atoms in total. The average Bonchev–Trinajstić information content (AvgIpc) is 2.66. The molecule has 2 aromatic rings. The lowest BCUT2D eigenvalue weighted by Gasteiger charge is -2.22. The molecule has 108 valence electrons. The molecule has 0 saturated heterocycles. The maximum atomic E-state index is 12.7. The number of carbonyl (C=O) groups excluding carboxylic acids is 1. The van der Waals surface area contributed by atoms with Crippen LogP contribution in [0.15, 0.2) is 54.6 Å². The van der Waals surface area contributed by atoms with E-state index >= 15 is 0 Å². The van der Waals surface area contributed by atoms with Crippen LogP contribution in [0.25, 0.3) is 0 Å². The van der Waals surface area contributed by atoms with Crippen molar-refractivity contribution < 1.29 is 4.79 Å². The van der Waals surface area contributed by atoms with Crippen LogP contribution >= 0.6 is 0 Å². The van der Waals surface area contributed by atoms with Crippen LogP contribution in [0, 0.1) is 0 Å². The Kier molecular flexibility index (Phi) is 4.02. The van der Waals surface area contributed by atoms with Gasteiger partial charge in [-0.25, -0.2) is 0 Å². The van der Waals surface area contributed by atoms with Crippen LogP contribution in [0.2, 0.25) is 0 Å². The Balaban J connectivity index is 1.86. The van der Waals surface area contributed by atoms with Crippen LogP contribution in [0.4, 0.5) is 5.69 Å². The number of benzene rings is 2. The van der Waals surface area contributed by atoms with Gasteiger partial charge < -0.3 is 9.80 Å². The number of hydrogen-bond acceptors (Lipinski definition) is 2. The molecular formula is C18H20N2O. The quantitative estimate of drug-likeness (QED) is 0.844. The molecule has 3 heteroatoms.